The molecule has 0 saturated heterocycles. The summed E-state index contributed by atoms with van der Waals surface area (Å²) in [5, 5.41) is 1.39. The van der Waals surface area contributed by atoms with Crippen molar-refractivity contribution in [1.29, 1.82) is 0 Å². The van der Waals surface area contributed by atoms with Crippen LogP contribution in [0.5, 0.6) is 0 Å². The summed E-state index contributed by atoms with van der Waals surface area (Å²) in [5.41, 5.74) is 2.75. The molecule has 1 nitrogen and oxygen atoms in total. The van der Waals surface area contributed by atoms with Crippen LogP contribution in [-0.2, 0) is 0 Å². The number of aromatic amines is 1. The number of H-pyrrole nitrogens is 1. The molecule has 0 aliphatic heterocycles. The highest BCUT2D eigenvalue weighted by atomic mass is 79.9. The Balaban J connectivity index is 2.20. The minimum Gasteiger partial charge on any atom is -0.360 e. The van der Waals surface area contributed by atoms with Crippen LogP contribution in [0.3, 0.4) is 0 Å². The summed E-state index contributed by atoms with van der Waals surface area (Å²) in [5.74, 6) is 0.804. The van der Waals surface area contributed by atoms with Crippen molar-refractivity contribution in [3.63, 3.8) is 0 Å². The van der Waals surface area contributed by atoms with Gasteiger partial charge in [0.05, 0.1) is 5.52 Å². The average molecular weight is 250 g/mol. The third-order valence-electron chi connectivity index (χ3n) is 3.24. The van der Waals surface area contributed by atoms with Crippen LogP contribution in [0.2, 0.25) is 0 Å². The van der Waals surface area contributed by atoms with Crippen molar-refractivity contribution in [3.8, 4) is 0 Å². The second-order valence-electron chi connectivity index (χ2n) is 4.03. The van der Waals surface area contributed by atoms with Gasteiger partial charge in [-0.3, -0.25) is 0 Å². The molecule has 1 aromatic carbocycles. The first-order valence-corrected chi connectivity index (χ1v) is 5.91. The van der Waals surface area contributed by atoms with Gasteiger partial charge >= 0.3 is 0 Å². The maximum absolute atomic E-state index is 3.57. The highest BCUT2D eigenvalue weighted by Gasteiger charge is 2.22. The Morgan fingerprint density at radius 3 is 2.86 bits per heavy atom. The van der Waals surface area contributed by atoms with Gasteiger partial charge in [-0.05, 0) is 46.3 Å². The molecular formula is C12H12BrN. The van der Waals surface area contributed by atoms with Crippen molar-refractivity contribution >= 4 is 26.8 Å². The van der Waals surface area contributed by atoms with Crippen molar-refractivity contribution in [2.75, 3.05) is 0 Å². The maximum atomic E-state index is 3.57. The Bertz CT molecular complexity index is 468. The molecule has 1 aliphatic rings. The molecule has 1 fully saturated rings. The first-order chi connectivity index (χ1) is 6.86. The van der Waals surface area contributed by atoms with Crippen molar-refractivity contribution < 1.29 is 0 Å². The van der Waals surface area contributed by atoms with Crippen LogP contribution in [0.25, 0.3) is 10.9 Å². The zero-order valence-electron chi connectivity index (χ0n) is 7.89. The van der Waals surface area contributed by atoms with Gasteiger partial charge in [0.1, 0.15) is 0 Å². The van der Waals surface area contributed by atoms with Crippen LogP contribution in [0, 0.1) is 0 Å². The number of aromatic nitrogens is 1. The number of hydrogen-bond donors (Lipinski definition) is 1. The smallest absolute Gasteiger partial charge is 0.0601 e. The van der Waals surface area contributed by atoms with Crippen molar-refractivity contribution in [2.24, 2.45) is 0 Å². The van der Waals surface area contributed by atoms with Gasteiger partial charge in [0, 0.05) is 16.1 Å². The number of nitrogens with one attached hydrogen (secondary N) is 1. The van der Waals surface area contributed by atoms with E-state index in [0.717, 1.165) is 5.92 Å². The van der Waals surface area contributed by atoms with Gasteiger partial charge in [0.15, 0.2) is 0 Å². The Hall–Kier alpha value is -0.760. The number of para-hydroxylation sites is 1. The number of hydrogen-bond acceptors (Lipinski definition) is 0. The third-order valence-corrected chi connectivity index (χ3v) is 3.90. The van der Waals surface area contributed by atoms with Crippen molar-refractivity contribution in [2.45, 2.75) is 25.2 Å². The summed E-state index contributed by atoms with van der Waals surface area (Å²) < 4.78 is 1.17. The average Bonchev–Trinajstić information content (AvgIpc) is 2.48. The molecule has 1 N–H and O–H groups in total. The predicted molar refractivity (Wildman–Crippen MR) is 62.6 cm³/mol. The summed E-state index contributed by atoms with van der Waals surface area (Å²) in [4.78, 5) is 3.36. The summed E-state index contributed by atoms with van der Waals surface area (Å²) in [7, 11) is 0. The van der Waals surface area contributed by atoms with E-state index in [1.807, 2.05) is 0 Å². The van der Waals surface area contributed by atoms with Gasteiger partial charge < -0.3 is 4.98 Å². The van der Waals surface area contributed by atoms with E-state index in [9.17, 15) is 0 Å². The molecule has 0 amide bonds. The SMILES string of the molecule is Brc1cccc2c(C3CCC3)c[nH]c12. The van der Waals surface area contributed by atoms with Crippen molar-refractivity contribution in [1.82, 2.24) is 4.98 Å². The van der Waals surface area contributed by atoms with E-state index in [4.69, 9.17) is 0 Å². The molecular weight excluding hydrogens is 238 g/mol. The number of rotatable bonds is 1. The van der Waals surface area contributed by atoms with Crippen LogP contribution in [0.4, 0.5) is 0 Å². The minimum atomic E-state index is 0.804. The van der Waals surface area contributed by atoms with Crippen LogP contribution in [0.1, 0.15) is 30.7 Å². The third kappa shape index (κ3) is 1.13. The molecule has 14 heavy (non-hydrogen) atoms. The first kappa shape index (κ1) is 8.54. The summed E-state index contributed by atoms with van der Waals surface area (Å²) in [6.45, 7) is 0. The fourth-order valence-corrected chi connectivity index (χ4v) is 2.68. The van der Waals surface area contributed by atoms with Crippen molar-refractivity contribution in [3.05, 3.63) is 34.4 Å². The van der Waals surface area contributed by atoms with E-state index in [0.29, 0.717) is 0 Å². The number of fused-ring (bicyclic) bond motifs is 1. The van der Waals surface area contributed by atoms with Crippen LogP contribution < -0.4 is 0 Å². The Kier molecular flexibility index (Phi) is 1.91. The lowest BCUT2D eigenvalue weighted by Crippen LogP contribution is -2.07. The Morgan fingerprint density at radius 1 is 1.29 bits per heavy atom. The lowest BCUT2D eigenvalue weighted by Gasteiger charge is -2.24. The summed E-state index contributed by atoms with van der Waals surface area (Å²) >= 11 is 3.57. The molecule has 1 heterocycles. The highest BCUT2D eigenvalue weighted by molar-refractivity contribution is 9.10. The molecule has 0 atom stereocenters. The Labute approximate surface area is 91.6 Å². The van der Waals surface area contributed by atoms with Gasteiger partial charge in [-0.1, -0.05) is 18.6 Å². The summed E-state index contributed by atoms with van der Waals surface area (Å²) in [6.07, 6.45) is 6.30. The lowest BCUT2D eigenvalue weighted by atomic mass is 9.80. The molecule has 1 saturated carbocycles. The van der Waals surface area contributed by atoms with Gasteiger partial charge in [0.2, 0.25) is 0 Å². The van der Waals surface area contributed by atoms with Gasteiger partial charge in [-0.2, -0.15) is 0 Å². The van der Waals surface area contributed by atoms with Gasteiger partial charge in [0.25, 0.3) is 0 Å². The second-order valence-corrected chi connectivity index (χ2v) is 4.89. The molecule has 72 valence electrons. The molecule has 0 spiro atoms. The zero-order chi connectivity index (χ0) is 9.54. The Morgan fingerprint density at radius 2 is 2.14 bits per heavy atom. The van der Waals surface area contributed by atoms with E-state index < -0.39 is 0 Å². The molecule has 2 aromatic rings. The van der Waals surface area contributed by atoms with Crippen LogP contribution >= 0.6 is 15.9 Å². The molecule has 0 radical (unpaired) electrons. The van der Waals surface area contributed by atoms with Crippen LogP contribution in [-0.4, -0.2) is 4.98 Å². The predicted octanol–water partition coefficient (Wildman–Crippen LogP) is 4.20. The minimum absolute atomic E-state index is 0.804. The maximum Gasteiger partial charge on any atom is 0.0601 e. The molecule has 0 unspecified atom stereocenters. The van der Waals surface area contributed by atoms with E-state index in [2.05, 4.69) is 45.3 Å². The fourth-order valence-electron chi connectivity index (χ4n) is 2.20. The van der Waals surface area contributed by atoms with E-state index in [1.165, 1.54) is 40.2 Å². The topological polar surface area (TPSA) is 15.8 Å². The molecule has 1 aromatic heterocycles. The zero-order valence-corrected chi connectivity index (χ0v) is 9.47. The molecule has 0 bridgehead atoms. The number of benzene rings is 1. The highest BCUT2D eigenvalue weighted by Crippen LogP contribution is 2.40. The van der Waals surface area contributed by atoms with Crippen LogP contribution in [0.15, 0.2) is 28.9 Å². The normalized spacial score (nSPS) is 17.2. The number of halogens is 1. The molecule has 3 rings (SSSR count). The second kappa shape index (κ2) is 3.13. The fraction of sp³-hybridized carbons (Fsp3) is 0.333. The standard InChI is InChI=1S/C12H12BrN/c13-11-6-2-5-9-10(7-14-12(9)11)8-3-1-4-8/h2,5-8,14H,1,3-4H2. The first-order valence-electron chi connectivity index (χ1n) is 5.12. The lowest BCUT2D eigenvalue weighted by molar-refractivity contribution is 0.422. The van der Waals surface area contributed by atoms with Gasteiger partial charge in [-0.15, -0.1) is 0 Å². The largest absolute Gasteiger partial charge is 0.360 e. The van der Waals surface area contributed by atoms with E-state index >= 15 is 0 Å². The molecule has 2 heteroatoms. The quantitative estimate of drug-likeness (QED) is 0.780. The van der Waals surface area contributed by atoms with Gasteiger partial charge in [-0.25, -0.2) is 0 Å². The van der Waals surface area contributed by atoms with E-state index in [1.54, 1.807) is 0 Å². The summed E-state index contributed by atoms with van der Waals surface area (Å²) in [6, 6.07) is 6.41. The monoisotopic (exact) mass is 249 g/mol. The van der Waals surface area contributed by atoms with E-state index in [-0.39, 0.29) is 0 Å². The molecule has 1 aliphatic carbocycles.